The topological polar surface area (TPSA) is 121 Å². The van der Waals surface area contributed by atoms with Crippen LogP contribution in [0.2, 0.25) is 10.0 Å². The standard InChI is InChI=1S/C31H26Cl2N2O7S/c1-3-35(43(39,40)23-11-13-28-25(16-23)19(2)29(42-28)31(37)38)27-12-10-21(32)15-20(27)17-34(18-22-7-6-14-41-22)30(36)24-8-4-5-9-26(24)33/h4-16H,3,17-18H2,1-2H3,(H,37,38). The summed E-state index contributed by atoms with van der Waals surface area (Å²) in [4.78, 5) is 26.7. The van der Waals surface area contributed by atoms with Crippen molar-refractivity contribution in [1.82, 2.24) is 4.90 Å². The summed E-state index contributed by atoms with van der Waals surface area (Å²) in [6, 6.07) is 19.1. The molecule has 0 unspecified atom stereocenters. The summed E-state index contributed by atoms with van der Waals surface area (Å²) >= 11 is 12.7. The molecule has 0 fully saturated rings. The lowest BCUT2D eigenvalue weighted by Crippen LogP contribution is -2.34. The highest BCUT2D eigenvalue weighted by Gasteiger charge is 2.29. The lowest BCUT2D eigenvalue weighted by atomic mass is 10.1. The lowest BCUT2D eigenvalue weighted by Gasteiger charge is -2.28. The monoisotopic (exact) mass is 640 g/mol. The van der Waals surface area contributed by atoms with Gasteiger partial charge in [-0.25, -0.2) is 13.2 Å². The first-order valence-corrected chi connectivity index (χ1v) is 15.3. The van der Waals surface area contributed by atoms with Gasteiger partial charge < -0.3 is 18.8 Å². The smallest absolute Gasteiger partial charge is 0.372 e. The van der Waals surface area contributed by atoms with Crippen LogP contribution in [0.15, 0.2) is 92.8 Å². The molecule has 43 heavy (non-hydrogen) atoms. The first kappa shape index (κ1) is 30.2. The molecule has 0 bridgehead atoms. The van der Waals surface area contributed by atoms with Crippen molar-refractivity contribution in [1.29, 1.82) is 0 Å². The Morgan fingerprint density at radius 3 is 2.40 bits per heavy atom. The number of halogens is 2. The minimum Gasteiger partial charge on any atom is -0.475 e. The molecule has 222 valence electrons. The summed E-state index contributed by atoms with van der Waals surface area (Å²) in [6.45, 7) is 3.37. The van der Waals surface area contributed by atoms with Gasteiger partial charge in [-0.2, -0.15) is 0 Å². The highest BCUT2D eigenvalue weighted by atomic mass is 35.5. The Morgan fingerprint density at radius 2 is 1.72 bits per heavy atom. The number of carboxylic acids is 1. The number of anilines is 1. The van der Waals surface area contributed by atoms with Gasteiger partial charge in [0, 0.05) is 29.1 Å². The van der Waals surface area contributed by atoms with E-state index in [1.807, 2.05) is 0 Å². The molecular formula is C31H26Cl2N2O7S. The maximum Gasteiger partial charge on any atom is 0.372 e. The molecule has 3 aromatic carbocycles. The number of sulfonamides is 1. The van der Waals surface area contributed by atoms with E-state index in [0.29, 0.717) is 33.0 Å². The van der Waals surface area contributed by atoms with Crippen LogP contribution in [0.1, 0.15) is 44.7 Å². The normalized spacial score (nSPS) is 11.5. The zero-order valence-corrected chi connectivity index (χ0v) is 25.4. The second kappa shape index (κ2) is 12.2. The van der Waals surface area contributed by atoms with Crippen LogP contribution in [0.25, 0.3) is 11.0 Å². The van der Waals surface area contributed by atoms with Gasteiger partial charge in [-0.1, -0.05) is 35.3 Å². The van der Waals surface area contributed by atoms with E-state index in [-0.39, 0.29) is 52.4 Å². The maximum atomic E-state index is 14.1. The van der Waals surface area contributed by atoms with Gasteiger partial charge in [0.1, 0.15) is 11.3 Å². The molecule has 0 aliphatic carbocycles. The van der Waals surface area contributed by atoms with Crippen LogP contribution in [0, 0.1) is 6.92 Å². The second-order valence-corrected chi connectivity index (χ2v) is 12.4. The molecule has 2 aromatic heterocycles. The summed E-state index contributed by atoms with van der Waals surface area (Å²) in [6.07, 6.45) is 1.50. The van der Waals surface area contributed by atoms with Crippen molar-refractivity contribution in [3.05, 3.63) is 117 Å². The predicted molar refractivity (Wildman–Crippen MR) is 163 cm³/mol. The summed E-state index contributed by atoms with van der Waals surface area (Å²) < 4.78 is 40.3. The predicted octanol–water partition coefficient (Wildman–Crippen LogP) is 7.40. The average molecular weight is 642 g/mol. The second-order valence-electron chi connectivity index (χ2n) is 9.68. The third kappa shape index (κ3) is 5.99. The molecule has 1 amide bonds. The average Bonchev–Trinajstić information content (AvgIpc) is 3.61. The van der Waals surface area contributed by atoms with E-state index >= 15 is 0 Å². The summed E-state index contributed by atoms with van der Waals surface area (Å²) in [7, 11) is -4.17. The number of hydrogen-bond donors (Lipinski definition) is 1. The van der Waals surface area contributed by atoms with Crippen LogP contribution < -0.4 is 4.31 Å². The van der Waals surface area contributed by atoms with Crippen LogP contribution in [0.5, 0.6) is 0 Å². The molecule has 0 spiro atoms. The molecule has 1 N–H and O–H groups in total. The molecule has 0 saturated carbocycles. The third-order valence-electron chi connectivity index (χ3n) is 6.97. The van der Waals surface area contributed by atoms with Gasteiger partial charge in [-0.3, -0.25) is 9.10 Å². The Labute approximate surface area is 257 Å². The van der Waals surface area contributed by atoms with E-state index in [2.05, 4.69) is 0 Å². The minimum absolute atomic E-state index is 0.0193. The quantitative estimate of drug-likeness (QED) is 0.169. The number of nitrogens with zero attached hydrogens (tertiary/aromatic N) is 2. The van der Waals surface area contributed by atoms with Gasteiger partial charge in [0.05, 0.1) is 34.0 Å². The molecule has 0 aliphatic rings. The molecule has 0 aliphatic heterocycles. The van der Waals surface area contributed by atoms with Gasteiger partial charge in [0.25, 0.3) is 15.9 Å². The van der Waals surface area contributed by atoms with Crippen molar-refractivity contribution in [3.63, 3.8) is 0 Å². The molecule has 5 rings (SSSR count). The van der Waals surface area contributed by atoms with E-state index < -0.39 is 16.0 Å². The highest BCUT2D eigenvalue weighted by Crippen LogP contribution is 2.34. The molecule has 9 nitrogen and oxygen atoms in total. The van der Waals surface area contributed by atoms with E-state index in [1.165, 1.54) is 33.7 Å². The summed E-state index contributed by atoms with van der Waals surface area (Å²) in [5.74, 6) is -1.36. The number of furan rings is 2. The van der Waals surface area contributed by atoms with E-state index in [1.54, 1.807) is 68.4 Å². The van der Waals surface area contributed by atoms with E-state index in [4.69, 9.17) is 32.0 Å². The highest BCUT2D eigenvalue weighted by molar-refractivity contribution is 7.92. The number of carboxylic acid groups (broad SMARTS) is 1. The first-order valence-electron chi connectivity index (χ1n) is 13.1. The molecule has 0 radical (unpaired) electrons. The van der Waals surface area contributed by atoms with Crippen LogP contribution >= 0.6 is 23.2 Å². The number of benzene rings is 3. The largest absolute Gasteiger partial charge is 0.475 e. The van der Waals surface area contributed by atoms with Gasteiger partial charge in [0.2, 0.25) is 5.76 Å². The van der Waals surface area contributed by atoms with E-state index in [0.717, 1.165) is 0 Å². The Hall–Kier alpha value is -4.25. The van der Waals surface area contributed by atoms with Crippen molar-refractivity contribution in [2.45, 2.75) is 31.8 Å². The Morgan fingerprint density at radius 1 is 0.953 bits per heavy atom. The Balaban J connectivity index is 1.57. The zero-order chi connectivity index (χ0) is 30.9. The third-order valence-corrected chi connectivity index (χ3v) is 9.42. The summed E-state index contributed by atoms with van der Waals surface area (Å²) in [5, 5.41) is 10.4. The van der Waals surface area contributed by atoms with Crippen molar-refractivity contribution < 1.29 is 31.9 Å². The Kier molecular flexibility index (Phi) is 8.55. The van der Waals surface area contributed by atoms with Gasteiger partial charge in [-0.15, -0.1) is 0 Å². The summed E-state index contributed by atoms with van der Waals surface area (Å²) in [5.41, 5.74) is 1.65. The molecule has 5 aromatic rings. The van der Waals surface area contributed by atoms with E-state index in [9.17, 15) is 23.1 Å². The number of aryl methyl sites for hydroxylation is 1. The van der Waals surface area contributed by atoms with Crippen molar-refractivity contribution in [3.8, 4) is 0 Å². The molecular weight excluding hydrogens is 615 g/mol. The lowest BCUT2D eigenvalue weighted by molar-refractivity contribution is 0.0662. The number of amides is 1. The maximum absolute atomic E-state index is 14.1. The van der Waals surface area contributed by atoms with Crippen molar-refractivity contribution in [2.75, 3.05) is 10.8 Å². The first-order chi connectivity index (χ1) is 20.5. The molecule has 2 heterocycles. The number of carbonyl (C=O) groups is 2. The number of aromatic carboxylic acids is 1. The number of carbonyl (C=O) groups excluding carboxylic acids is 1. The fourth-order valence-corrected chi connectivity index (χ4v) is 6.84. The number of hydrogen-bond acceptors (Lipinski definition) is 6. The number of rotatable bonds is 10. The molecule has 0 saturated heterocycles. The van der Waals surface area contributed by atoms with Crippen molar-refractivity contribution >= 4 is 61.8 Å². The van der Waals surface area contributed by atoms with Gasteiger partial charge >= 0.3 is 5.97 Å². The van der Waals surface area contributed by atoms with Crippen LogP contribution in [-0.2, 0) is 23.1 Å². The van der Waals surface area contributed by atoms with Crippen LogP contribution in [0.4, 0.5) is 5.69 Å². The number of fused-ring (bicyclic) bond motifs is 1. The minimum atomic E-state index is -4.17. The Bertz CT molecular complexity index is 1940. The molecule has 0 atom stereocenters. The molecule has 12 heteroatoms. The fraction of sp³-hybridized carbons (Fsp3) is 0.161. The van der Waals surface area contributed by atoms with Crippen molar-refractivity contribution in [2.24, 2.45) is 0 Å². The van der Waals surface area contributed by atoms with Crippen LogP contribution in [0.3, 0.4) is 0 Å². The zero-order valence-electron chi connectivity index (χ0n) is 23.1. The SMILES string of the molecule is CCN(c1ccc(Cl)cc1CN(Cc1ccco1)C(=O)c1ccccc1Cl)S(=O)(=O)c1ccc2oc(C(=O)O)c(C)c2c1. The van der Waals surface area contributed by atoms with Crippen LogP contribution in [-0.4, -0.2) is 36.8 Å². The van der Waals surface area contributed by atoms with Gasteiger partial charge in [-0.05, 0) is 80.1 Å². The fourth-order valence-electron chi connectivity index (χ4n) is 4.89. The van der Waals surface area contributed by atoms with Gasteiger partial charge in [0.15, 0.2) is 0 Å².